The van der Waals surface area contributed by atoms with E-state index in [-0.39, 0.29) is 23.5 Å². The van der Waals surface area contributed by atoms with Crippen molar-refractivity contribution in [2.45, 2.75) is 39.2 Å². The smallest absolute Gasteiger partial charge is 0.327 e. The summed E-state index contributed by atoms with van der Waals surface area (Å²) in [6.45, 7) is 3.70. The molecule has 30 heavy (non-hydrogen) atoms. The van der Waals surface area contributed by atoms with E-state index in [1.165, 1.54) is 12.1 Å². The Morgan fingerprint density at radius 1 is 0.967 bits per heavy atom. The highest BCUT2D eigenvalue weighted by atomic mass is 16.7. The predicted molar refractivity (Wildman–Crippen MR) is 103 cm³/mol. The van der Waals surface area contributed by atoms with E-state index in [4.69, 9.17) is 4.84 Å². The Morgan fingerprint density at radius 2 is 1.47 bits per heavy atom. The van der Waals surface area contributed by atoms with E-state index in [2.05, 4.69) is 0 Å². The van der Waals surface area contributed by atoms with E-state index in [1.54, 1.807) is 12.1 Å². The molecule has 0 spiro atoms. The molecule has 2 heterocycles. The summed E-state index contributed by atoms with van der Waals surface area (Å²) in [4.78, 5) is 70.1. The van der Waals surface area contributed by atoms with E-state index in [0.717, 1.165) is 4.90 Å². The number of imide groups is 2. The van der Waals surface area contributed by atoms with Gasteiger partial charge in [0.1, 0.15) is 6.04 Å². The fourth-order valence-corrected chi connectivity index (χ4v) is 4.29. The number of rotatable bonds is 5. The predicted octanol–water partition coefficient (Wildman–Crippen LogP) is 2.11. The molecule has 0 aromatic heterocycles. The molecular formula is C22H22N2O6. The molecule has 1 aromatic rings. The molecular weight excluding hydrogens is 388 g/mol. The molecule has 3 aliphatic rings. The van der Waals surface area contributed by atoms with Crippen molar-refractivity contribution in [1.29, 1.82) is 0 Å². The van der Waals surface area contributed by atoms with Crippen molar-refractivity contribution in [3.63, 3.8) is 0 Å². The van der Waals surface area contributed by atoms with Crippen LogP contribution in [0.15, 0.2) is 36.4 Å². The van der Waals surface area contributed by atoms with Crippen molar-refractivity contribution in [1.82, 2.24) is 9.96 Å². The summed E-state index contributed by atoms with van der Waals surface area (Å²) in [6, 6.07) is 4.96. The highest BCUT2D eigenvalue weighted by molar-refractivity contribution is 6.21. The Hall–Kier alpha value is -3.29. The zero-order valence-electron chi connectivity index (χ0n) is 16.7. The normalized spacial score (nSPS) is 23.8. The van der Waals surface area contributed by atoms with Gasteiger partial charge < -0.3 is 4.84 Å². The average molecular weight is 410 g/mol. The van der Waals surface area contributed by atoms with Gasteiger partial charge in [-0.25, -0.2) is 4.79 Å². The van der Waals surface area contributed by atoms with Gasteiger partial charge in [0.25, 0.3) is 11.8 Å². The average Bonchev–Trinajstić information content (AvgIpc) is 3.12. The Bertz CT molecular complexity index is 921. The molecule has 1 fully saturated rings. The lowest BCUT2D eigenvalue weighted by Crippen LogP contribution is -2.49. The molecule has 1 aromatic carbocycles. The summed E-state index contributed by atoms with van der Waals surface area (Å²) in [5.41, 5.74) is 0.280. The van der Waals surface area contributed by atoms with Gasteiger partial charge in [0.05, 0.1) is 23.0 Å². The van der Waals surface area contributed by atoms with Crippen molar-refractivity contribution < 1.29 is 28.8 Å². The molecule has 0 radical (unpaired) electrons. The molecule has 3 unspecified atom stereocenters. The van der Waals surface area contributed by atoms with Crippen LogP contribution >= 0.6 is 0 Å². The molecule has 8 heteroatoms. The summed E-state index contributed by atoms with van der Waals surface area (Å²) in [6.07, 6.45) is 4.81. The van der Waals surface area contributed by atoms with Crippen LogP contribution in [-0.4, -0.2) is 45.6 Å². The highest BCUT2D eigenvalue weighted by Crippen LogP contribution is 2.37. The summed E-state index contributed by atoms with van der Waals surface area (Å²) >= 11 is 0. The standard InChI is InChI=1S/C22H22N2O6/c1-12(2)11-17(23-18(25)13-7-3-4-8-14(13)19(23)26)22(29)30-24-20(27)15-9-5-6-10-16(15)21(24)28/h3-6,9-10,12-14,17H,7-8,11H2,1-2H3. The van der Waals surface area contributed by atoms with Gasteiger partial charge in [-0.3, -0.25) is 24.1 Å². The Labute approximate surface area is 173 Å². The molecule has 0 saturated carbocycles. The minimum Gasteiger partial charge on any atom is -0.327 e. The number of allylic oxidation sites excluding steroid dienone is 2. The van der Waals surface area contributed by atoms with Crippen LogP contribution in [0.5, 0.6) is 0 Å². The van der Waals surface area contributed by atoms with Gasteiger partial charge in [0.2, 0.25) is 11.8 Å². The number of benzene rings is 1. The fraction of sp³-hybridized carbons (Fsp3) is 0.409. The van der Waals surface area contributed by atoms with Gasteiger partial charge in [-0.15, -0.1) is 0 Å². The highest BCUT2D eigenvalue weighted by Gasteiger charge is 2.52. The molecule has 8 nitrogen and oxygen atoms in total. The van der Waals surface area contributed by atoms with Crippen molar-refractivity contribution >= 4 is 29.6 Å². The lowest BCUT2D eigenvalue weighted by molar-refractivity contribution is -0.178. The Balaban J connectivity index is 1.58. The first-order valence-electron chi connectivity index (χ1n) is 10.0. The SMILES string of the molecule is CC(C)CC(C(=O)ON1C(=O)c2ccccc2C1=O)N1C(=O)C2CC=CCC2C1=O. The molecule has 4 amide bonds. The van der Waals surface area contributed by atoms with Gasteiger partial charge in [-0.1, -0.05) is 43.2 Å². The van der Waals surface area contributed by atoms with Crippen molar-refractivity contribution in [3.05, 3.63) is 47.5 Å². The molecule has 3 atom stereocenters. The largest absolute Gasteiger partial charge is 0.355 e. The summed E-state index contributed by atoms with van der Waals surface area (Å²) in [5, 5.41) is 0.417. The molecule has 156 valence electrons. The minimum absolute atomic E-state index is 0.0360. The Morgan fingerprint density at radius 3 is 1.93 bits per heavy atom. The second-order valence-corrected chi connectivity index (χ2v) is 8.21. The van der Waals surface area contributed by atoms with E-state index in [9.17, 15) is 24.0 Å². The van der Waals surface area contributed by atoms with Crippen molar-refractivity contribution in [3.8, 4) is 0 Å². The number of fused-ring (bicyclic) bond motifs is 2. The minimum atomic E-state index is -1.19. The third kappa shape index (κ3) is 3.12. The maximum atomic E-state index is 13.0. The molecule has 1 aliphatic carbocycles. The second kappa shape index (κ2) is 7.51. The van der Waals surface area contributed by atoms with Gasteiger partial charge in [0, 0.05) is 0 Å². The van der Waals surface area contributed by atoms with Crippen LogP contribution in [-0.2, 0) is 19.2 Å². The topological polar surface area (TPSA) is 101 Å². The molecule has 1 saturated heterocycles. The van der Waals surface area contributed by atoms with E-state index < -0.39 is 47.5 Å². The summed E-state index contributed by atoms with van der Waals surface area (Å²) < 4.78 is 0. The number of carbonyl (C=O) groups is 5. The van der Waals surface area contributed by atoms with E-state index >= 15 is 0 Å². The fourth-order valence-electron chi connectivity index (χ4n) is 4.29. The van der Waals surface area contributed by atoms with E-state index in [0.29, 0.717) is 17.9 Å². The van der Waals surface area contributed by atoms with Crippen LogP contribution in [0.1, 0.15) is 53.8 Å². The maximum absolute atomic E-state index is 13.0. The molecule has 4 rings (SSSR count). The summed E-state index contributed by atoms with van der Waals surface area (Å²) in [5.74, 6) is -4.27. The van der Waals surface area contributed by atoms with Crippen LogP contribution in [0, 0.1) is 17.8 Å². The second-order valence-electron chi connectivity index (χ2n) is 8.21. The van der Waals surface area contributed by atoms with E-state index in [1.807, 2.05) is 26.0 Å². The van der Waals surface area contributed by atoms with Crippen LogP contribution < -0.4 is 0 Å². The number of nitrogens with zero attached hydrogens (tertiary/aromatic N) is 2. The number of likely N-dealkylation sites (tertiary alicyclic amines) is 1. The zero-order valence-corrected chi connectivity index (χ0v) is 16.7. The molecule has 2 aliphatic heterocycles. The molecule has 0 N–H and O–H groups in total. The van der Waals surface area contributed by atoms with Crippen LogP contribution in [0.2, 0.25) is 0 Å². The summed E-state index contributed by atoms with van der Waals surface area (Å²) in [7, 11) is 0. The number of hydrogen-bond donors (Lipinski definition) is 0. The van der Waals surface area contributed by atoms with Gasteiger partial charge >= 0.3 is 5.97 Å². The lowest BCUT2D eigenvalue weighted by atomic mass is 9.85. The number of amides is 4. The maximum Gasteiger partial charge on any atom is 0.355 e. The quantitative estimate of drug-likeness (QED) is 0.544. The Kier molecular flexibility index (Phi) is 5.01. The molecule has 0 bridgehead atoms. The number of hydroxylamine groups is 2. The first-order chi connectivity index (χ1) is 14.3. The zero-order chi connectivity index (χ0) is 21.6. The number of carbonyl (C=O) groups excluding carboxylic acids is 5. The third-order valence-electron chi connectivity index (χ3n) is 5.76. The van der Waals surface area contributed by atoms with Crippen molar-refractivity contribution in [2.24, 2.45) is 17.8 Å². The van der Waals surface area contributed by atoms with Gasteiger partial charge in [-0.2, -0.15) is 0 Å². The van der Waals surface area contributed by atoms with Crippen molar-refractivity contribution in [2.75, 3.05) is 0 Å². The number of hydrogen-bond acceptors (Lipinski definition) is 6. The third-order valence-corrected chi connectivity index (χ3v) is 5.76. The lowest BCUT2D eigenvalue weighted by Gasteiger charge is -2.27. The monoisotopic (exact) mass is 410 g/mol. The van der Waals surface area contributed by atoms with Gasteiger partial charge in [-0.05, 0) is 37.3 Å². The van der Waals surface area contributed by atoms with Crippen LogP contribution in [0.25, 0.3) is 0 Å². The van der Waals surface area contributed by atoms with Gasteiger partial charge in [0.15, 0.2) is 0 Å². The first kappa shape index (κ1) is 20.0. The van der Waals surface area contributed by atoms with Crippen LogP contribution in [0.3, 0.4) is 0 Å². The van der Waals surface area contributed by atoms with Crippen LogP contribution in [0.4, 0.5) is 0 Å². The first-order valence-corrected chi connectivity index (χ1v) is 10.0.